The highest BCUT2D eigenvalue weighted by atomic mass is 16.6. The third-order valence-electron chi connectivity index (χ3n) is 4.04. The Balaban J connectivity index is 1.90. The van der Waals surface area contributed by atoms with Gasteiger partial charge in [-0.1, -0.05) is 66.7 Å². The fourth-order valence-electron chi connectivity index (χ4n) is 2.62. The molecule has 2 N–H and O–H groups in total. The van der Waals surface area contributed by atoms with E-state index in [1.165, 1.54) is 24.3 Å². The first-order chi connectivity index (χ1) is 13.6. The first-order valence-electron chi connectivity index (χ1n) is 8.47. The van der Waals surface area contributed by atoms with E-state index >= 15 is 0 Å². The normalized spacial score (nSPS) is 12.2. The number of rotatable bonds is 6. The van der Waals surface area contributed by atoms with Crippen molar-refractivity contribution in [3.05, 3.63) is 112 Å². The topological polar surface area (TPSA) is 105 Å². The number of carbonyl (C=O) groups is 1. The minimum absolute atomic E-state index is 0.0968. The van der Waals surface area contributed by atoms with Crippen molar-refractivity contribution in [2.45, 2.75) is 6.10 Å². The Labute approximate surface area is 161 Å². The van der Waals surface area contributed by atoms with Crippen LogP contribution in [0.5, 0.6) is 0 Å². The summed E-state index contributed by atoms with van der Waals surface area (Å²) in [5.74, 6) is -0.614. The second kappa shape index (κ2) is 8.70. The highest BCUT2D eigenvalue weighted by Crippen LogP contribution is 2.19. The fourth-order valence-corrected chi connectivity index (χ4v) is 2.62. The molecule has 7 heteroatoms. The van der Waals surface area contributed by atoms with Crippen LogP contribution >= 0.6 is 0 Å². The van der Waals surface area contributed by atoms with Crippen LogP contribution in [0, 0.1) is 10.1 Å². The lowest BCUT2D eigenvalue weighted by Gasteiger charge is -2.15. The van der Waals surface area contributed by atoms with Crippen LogP contribution in [0.2, 0.25) is 0 Å². The first-order valence-corrected chi connectivity index (χ1v) is 8.47. The molecule has 0 aliphatic heterocycles. The maximum Gasteiger partial charge on any atom is 0.271 e. The van der Waals surface area contributed by atoms with Crippen LogP contribution in [0.25, 0.3) is 0 Å². The number of hydrogen-bond donors (Lipinski definition) is 2. The molecule has 0 aromatic heterocycles. The maximum absolute atomic E-state index is 12.4. The SMILES string of the molecule is O=C(NN=C(c1ccccc1)[C@H](O)c1ccccc1)c1cccc([N+](=O)[O-])c1. The van der Waals surface area contributed by atoms with Crippen molar-refractivity contribution in [2.24, 2.45) is 5.10 Å². The number of non-ortho nitro benzene ring substituents is 1. The lowest BCUT2D eigenvalue weighted by atomic mass is 9.99. The lowest BCUT2D eigenvalue weighted by molar-refractivity contribution is -0.384. The standard InChI is InChI=1S/C21H17N3O4/c25-20(16-10-5-2-6-11-16)19(15-8-3-1-4-9-15)22-23-21(26)17-12-7-13-18(14-17)24(27)28/h1-14,20,25H,(H,23,26)/t20-/m1/s1. The van der Waals surface area contributed by atoms with Gasteiger partial charge in [0, 0.05) is 23.3 Å². The lowest BCUT2D eigenvalue weighted by Crippen LogP contribution is -2.23. The zero-order valence-electron chi connectivity index (χ0n) is 14.7. The van der Waals surface area contributed by atoms with Crippen LogP contribution < -0.4 is 5.43 Å². The molecule has 0 spiro atoms. The first kappa shape index (κ1) is 18.9. The molecule has 3 aromatic carbocycles. The van der Waals surface area contributed by atoms with Gasteiger partial charge in [-0.3, -0.25) is 14.9 Å². The monoisotopic (exact) mass is 375 g/mol. The largest absolute Gasteiger partial charge is 0.382 e. The van der Waals surface area contributed by atoms with E-state index < -0.39 is 16.9 Å². The van der Waals surface area contributed by atoms with Crippen molar-refractivity contribution in [1.82, 2.24) is 5.43 Å². The molecule has 0 saturated carbocycles. The number of nitro groups is 1. The number of carbonyl (C=O) groups excluding carboxylic acids is 1. The molecule has 0 radical (unpaired) electrons. The summed E-state index contributed by atoms with van der Waals surface area (Å²) >= 11 is 0. The van der Waals surface area contributed by atoms with Crippen LogP contribution in [-0.2, 0) is 0 Å². The molecule has 0 unspecified atom stereocenters. The van der Waals surface area contributed by atoms with Gasteiger partial charge in [0.25, 0.3) is 11.6 Å². The van der Waals surface area contributed by atoms with Gasteiger partial charge in [0.1, 0.15) is 11.8 Å². The van der Waals surface area contributed by atoms with Crippen molar-refractivity contribution >= 4 is 17.3 Å². The van der Waals surface area contributed by atoms with Gasteiger partial charge in [0.05, 0.1) is 4.92 Å². The van der Waals surface area contributed by atoms with E-state index in [0.717, 1.165) is 0 Å². The molecular weight excluding hydrogens is 358 g/mol. The molecule has 0 aliphatic carbocycles. The predicted molar refractivity (Wildman–Crippen MR) is 105 cm³/mol. The van der Waals surface area contributed by atoms with Gasteiger partial charge in [0.2, 0.25) is 0 Å². The van der Waals surface area contributed by atoms with Gasteiger partial charge in [-0.05, 0) is 11.6 Å². The van der Waals surface area contributed by atoms with Crippen LogP contribution in [0.15, 0.2) is 90.0 Å². The summed E-state index contributed by atoms with van der Waals surface area (Å²) in [6, 6.07) is 23.2. The van der Waals surface area contributed by atoms with Gasteiger partial charge in [-0.15, -0.1) is 0 Å². The molecule has 1 atom stereocenters. The molecule has 0 fully saturated rings. The highest BCUT2D eigenvalue weighted by Gasteiger charge is 2.18. The molecular formula is C21H17N3O4. The zero-order chi connectivity index (χ0) is 19.9. The molecule has 3 rings (SSSR count). The summed E-state index contributed by atoms with van der Waals surface area (Å²) < 4.78 is 0. The fraction of sp³-hybridized carbons (Fsp3) is 0.0476. The second-order valence-electron chi connectivity index (χ2n) is 5.92. The Hall–Kier alpha value is -3.84. The summed E-state index contributed by atoms with van der Waals surface area (Å²) in [7, 11) is 0. The third kappa shape index (κ3) is 4.46. The van der Waals surface area contributed by atoms with E-state index in [2.05, 4.69) is 10.5 Å². The number of aliphatic hydroxyl groups excluding tert-OH is 1. The van der Waals surface area contributed by atoms with Crippen molar-refractivity contribution < 1.29 is 14.8 Å². The molecule has 1 amide bonds. The Morgan fingerprint density at radius 3 is 2.18 bits per heavy atom. The van der Waals surface area contributed by atoms with Crippen molar-refractivity contribution in [3.63, 3.8) is 0 Å². The van der Waals surface area contributed by atoms with Crippen molar-refractivity contribution in [2.75, 3.05) is 0 Å². The van der Waals surface area contributed by atoms with Crippen LogP contribution in [-0.4, -0.2) is 21.6 Å². The quantitative estimate of drug-likeness (QED) is 0.391. The van der Waals surface area contributed by atoms with E-state index in [1.807, 2.05) is 12.1 Å². The Kier molecular flexibility index (Phi) is 5.88. The van der Waals surface area contributed by atoms with Gasteiger partial charge >= 0.3 is 0 Å². The molecule has 140 valence electrons. The second-order valence-corrected chi connectivity index (χ2v) is 5.92. The van der Waals surface area contributed by atoms with Gasteiger partial charge in [-0.2, -0.15) is 5.10 Å². The van der Waals surface area contributed by atoms with Crippen molar-refractivity contribution in [3.8, 4) is 0 Å². The summed E-state index contributed by atoms with van der Waals surface area (Å²) in [5, 5.41) is 25.8. The number of nitrogens with one attached hydrogen (secondary N) is 1. The number of benzene rings is 3. The summed E-state index contributed by atoms with van der Waals surface area (Å²) in [4.78, 5) is 22.7. The molecule has 28 heavy (non-hydrogen) atoms. The van der Waals surface area contributed by atoms with E-state index in [1.54, 1.807) is 48.5 Å². The molecule has 3 aromatic rings. The van der Waals surface area contributed by atoms with Gasteiger partial charge < -0.3 is 5.11 Å². The molecule has 7 nitrogen and oxygen atoms in total. The number of hydrogen-bond acceptors (Lipinski definition) is 5. The molecule has 0 aliphatic rings. The van der Waals surface area contributed by atoms with Gasteiger partial charge in [0.15, 0.2) is 0 Å². The Morgan fingerprint density at radius 2 is 1.54 bits per heavy atom. The smallest absolute Gasteiger partial charge is 0.271 e. The number of amides is 1. The number of aliphatic hydroxyl groups is 1. The minimum atomic E-state index is -1.06. The average molecular weight is 375 g/mol. The third-order valence-corrected chi connectivity index (χ3v) is 4.04. The molecule has 0 heterocycles. The van der Waals surface area contributed by atoms with E-state index in [0.29, 0.717) is 11.1 Å². The maximum atomic E-state index is 12.4. The Morgan fingerprint density at radius 1 is 0.929 bits per heavy atom. The molecule has 0 bridgehead atoms. The van der Waals surface area contributed by atoms with E-state index in [4.69, 9.17) is 0 Å². The Bertz CT molecular complexity index is 1000. The molecule has 0 saturated heterocycles. The summed E-state index contributed by atoms with van der Waals surface area (Å²) in [5.41, 5.74) is 3.80. The van der Waals surface area contributed by atoms with Crippen LogP contribution in [0.4, 0.5) is 5.69 Å². The van der Waals surface area contributed by atoms with E-state index in [-0.39, 0.29) is 17.0 Å². The van der Waals surface area contributed by atoms with Gasteiger partial charge in [-0.25, -0.2) is 5.43 Å². The van der Waals surface area contributed by atoms with Crippen LogP contribution in [0.3, 0.4) is 0 Å². The van der Waals surface area contributed by atoms with E-state index in [9.17, 15) is 20.0 Å². The van der Waals surface area contributed by atoms with Crippen LogP contribution in [0.1, 0.15) is 27.6 Å². The highest BCUT2D eigenvalue weighted by molar-refractivity contribution is 6.05. The number of nitrogens with zero attached hydrogens (tertiary/aromatic N) is 2. The average Bonchev–Trinajstić information content (AvgIpc) is 2.75. The minimum Gasteiger partial charge on any atom is -0.382 e. The summed E-state index contributed by atoms with van der Waals surface area (Å²) in [6.07, 6.45) is -1.06. The zero-order valence-corrected chi connectivity index (χ0v) is 14.7. The summed E-state index contributed by atoms with van der Waals surface area (Å²) in [6.45, 7) is 0. The van der Waals surface area contributed by atoms with Crippen molar-refractivity contribution in [1.29, 1.82) is 0 Å². The number of nitro benzene ring substituents is 1. The number of hydrazone groups is 1. The predicted octanol–water partition coefficient (Wildman–Crippen LogP) is 3.46.